The van der Waals surface area contributed by atoms with Gasteiger partial charge in [-0.25, -0.2) is 0 Å². The SMILES string of the molecule is C(=C\c1ccccc1)/CNc1nnc(SCc2ccccc2)s1. The van der Waals surface area contributed by atoms with Crippen molar-refractivity contribution in [3.63, 3.8) is 0 Å². The molecule has 1 N–H and O–H groups in total. The van der Waals surface area contributed by atoms with Gasteiger partial charge in [-0.1, -0.05) is 95.9 Å². The summed E-state index contributed by atoms with van der Waals surface area (Å²) in [5.74, 6) is 0.920. The highest BCUT2D eigenvalue weighted by Crippen LogP contribution is 2.28. The number of rotatable bonds is 7. The highest BCUT2D eigenvalue weighted by Gasteiger charge is 2.04. The Labute approximate surface area is 144 Å². The Morgan fingerprint density at radius 1 is 0.957 bits per heavy atom. The molecule has 3 aromatic rings. The van der Waals surface area contributed by atoms with E-state index in [1.165, 1.54) is 11.1 Å². The molecular weight excluding hydrogens is 322 g/mol. The van der Waals surface area contributed by atoms with E-state index in [-0.39, 0.29) is 0 Å². The van der Waals surface area contributed by atoms with Crippen LogP contribution in [-0.2, 0) is 5.75 Å². The summed E-state index contributed by atoms with van der Waals surface area (Å²) in [5, 5.41) is 12.5. The van der Waals surface area contributed by atoms with Crippen LogP contribution in [-0.4, -0.2) is 16.7 Å². The molecule has 5 heteroatoms. The molecule has 0 radical (unpaired) electrons. The van der Waals surface area contributed by atoms with E-state index in [1.807, 2.05) is 24.3 Å². The molecule has 0 aliphatic rings. The Morgan fingerprint density at radius 3 is 2.48 bits per heavy atom. The first-order valence-corrected chi connectivity index (χ1v) is 9.16. The highest BCUT2D eigenvalue weighted by atomic mass is 32.2. The maximum atomic E-state index is 4.21. The zero-order valence-corrected chi connectivity index (χ0v) is 14.2. The van der Waals surface area contributed by atoms with Crippen LogP contribution in [0.5, 0.6) is 0 Å². The van der Waals surface area contributed by atoms with E-state index in [0.717, 1.165) is 21.8 Å². The fourth-order valence-electron chi connectivity index (χ4n) is 1.96. The number of hydrogen-bond acceptors (Lipinski definition) is 5. The second kappa shape index (κ2) is 8.50. The molecule has 116 valence electrons. The quantitative estimate of drug-likeness (QED) is 0.618. The van der Waals surface area contributed by atoms with E-state index < -0.39 is 0 Å². The van der Waals surface area contributed by atoms with Crippen molar-refractivity contribution >= 4 is 34.3 Å². The molecular formula is C18H17N3S2. The molecule has 1 aromatic heterocycles. The minimum atomic E-state index is 0.743. The lowest BCUT2D eigenvalue weighted by Crippen LogP contribution is -1.96. The summed E-state index contributed by atoms with van der Waals surface area (Å²) in [4.78, 5) is 0. The molecule has 0 amide bonds. The van der Waals surface area contributed by atoms with Gasteiger partial charge in [0.2, 0.25) is 5.13 Å². The fraction of sp³-hybridized carbons (Fsp3) is 0.111. The van der Waals surface area contributed by atoms with Crippen LogP contribution in [0.3, 0.4) is 0 Å². The third-order valence-electron chi connectivity index (χ3n) is 3.09. The number of hydrogen-bond donors (Lipinski definition) is 1. The third kappa shape index (κ3) is 5.23. The second-order valence-corrected chi connectivity index (χ2v) is 7.04. The van der Waals surface area contributed by atoms with Crippen LogP contribution in [0, 0.1) is 0 Å². The van der Waals surface area contributed by atoms with Gasteiger partial charge >= 0.3 is 0 Å². The van der Waals surface area contributed by atoms with Gasteiger partial charge in [0, 0.05) is 12.3 Å². The minimum absolute atomic E-state index is 0.743. The molecule has 0 bridgehead atoms. The topological polar surface area (TPSA) is 37.8 Å². The molecule has 0 fully saturated rings. The number of thioether (sulfide) groups is 1. The van der Waals surface area contributed by atoms with Crippen LogP contribution in [0.15, 0.2) is 71.1 Å². The average molecular weight is 339 g/mol. The van der Waals surface area contributed by atoms with E-state index in [9.17, 15) is 0 Å². The van der Waals surface area contributed by atoms with E-state index in [1.54, 1.807) is 23.1 Å². The molecule has 0 aliphatic carbocycles. The van der Waals surface area contributed by atoms with Crippen LogP contribution in [0.1, 0.15) is 11.1 Å². The first-order chi connectivity index (χ1) is 11.4. The van der Waals surface area contributed by atoms with E-state index in [4.69, 9.17) is 0 Å². The summed E-state index contributed by atoms with van der Waals surface area (Å²) < 4.78 is 0.989. The second-order valence-electron chi connectivity index (χ2n) is 4.84. The van der Waals surface area contributed by atoms with Gasteiger partial charge in [0.25, 0.3) is 0 Å². The van der Waals surface area contributed by atoms with Gasteiger partial charge in [0.15, 0.2) is 4.34 Å². The Morgan fingerprint density at radius 2 is 1.70 bits per heavy atom. The normalized spacial score (nSPS) is 11.0. The maximum absolute atomic E-state index is 4.21. The molecule has 3 rings (SSSR count). The summed E-state index contributed by atoms with van der Waals surface area (Å²) in [6.45, 7) is 0.743. The first-order valence-electron chi connectivity index (χ1n) is 7.36. The Bertz CT molecular complexity index is 739. The van der Waals surface area contributed by atoms with E-state index in [2.05, 4.69) is 64.1 Å². The van der Waals surface area contributed by atoms with E-state index in [0.29, 0.717) is 0 Å². The molecule has 0 unspecified atom stereocenters. The fourth-order valence-corrected chi connectivity index (χ4v) is 3.68. The number of anilines is 1. The van der Waals surface area contributed by atoms with Gasteiger partial charge in [-0.3, -0.25) is 0 Å². The van der Waals surface area contributed by atoms with Crippen molar-refractivity contribution in [3.8, 4) is 0 Å². The van der Waals surface area contributed by atoms with Gasteiger partial charge in [0.05, 0.1) is 0 Å². The summed E-state index contributed by atoms with van der Waals surface area (Å²) in [7, 11) is 0. The smallest absolute Gasteiger partial charge is 0.206 e. The van der Waals surface area contributed by atoms with Gasteiger partial charge < -0.3 is 5.32 Å². The number of aromatic nitrogens is 2. The summed E-state index contributed by atoms with van der Waals surface area (Å²) in [6.07, 6.45) is 4.19. The Balaban J connectivity index is 1.45. The van der Waals surface area contributed by atoms with Crippen molar-refractivity contribution in [1.29, 1.82) is 0 Å². The predicted molar refractivity (Wildman–Crippen MR) is 99.9 cm³/mol. The Hall–Kier alpha value is -2.11. The molecule has 0 saturated carbocycles. The van der Waals surface area contributed by atoms with Gasteiger partial charge in [-0.05, 0) is 11.1 Å². The van der Waals surface area contributed by atoms with Crippen LogP contribution < -0.4 is 5.32 Å². The monoisotopic (exact) mass is 339 g/mol. The standard InChI is InChI=1S/C18H17N3S2/c1-3-8-15(9-4-1)12-7-13-19-17-20-21-18(23-17)22-14-16-10-5-2-6-11-16/h1-12H,13-14H2,(H,19,20)/b12-7+. The summed E-state index contributed by atoms with van der Waals surface area (Å²) in [5.41, 5.74) is 2.50. The highest BCUT2D eigenvalue weighted by molar-refractivity contribution is 8.00. The van der Waals surface area contributed by atoms with Crippen molar-refractivity contribution in [2.24, 2.45) is 0 Å². The van der Waals surface area contributed by atoms with Crippen LogP contribution in [0.2, 0.25) is 0 Å². The number of nitrogens with zero attached hydrogens (tertiary/aromatic N) is 2. The zero-order valence-electron chi connectivity index (χ0n) is 12.6. The third-order valence-corrected chi connectivity index (χ3v) is 5.18. The molecule has 0 aliphatic heterocycles. The van der Waals surface area contributed by atoms with Gasteiger partial charge in [-0.15, -0.1) is 10.2 Å². The zero-order chi connectivity index (χ0) is 15.7. The molecule has 1 heterocycles. The van der Waals surface area contributed by atoms with Crippen molar-refractivity contribution in [2.75, 3.05) is 11.9 Å². The maximum Gasteiger partial charge on any atom is 0.206 e. The molecule has 0 spiro atoms. The van der Waals surface area contributed by atoms with Crippen LogP contribution in [0.4, 0.5) is 5.13 Å². The summed E-state index contributed by atoms with van der Waals surface area (Å²) in [6, 6.07) is 20.7. The number of benzene rings is 2. The van der Waals surface area contributed by atoms with Crippen molar-refractivity contribution < 1.29 is 0 Å². The average Bonchev–Trinajstić information content (AvgIpc) is 3.07. The van der Waals surface area contributed by atoms with Gasteiger partial charge in [-0.2, -0.15) is 0 Å². The molecule has 23 heavy (non-hydrogen) atoms. The van der Waals surface area contributed by atoms with Crippen molar-refractivity contribution in [1.82, 2.24) is 10.2 Å². The molecule has 3 nitrogen and oxygen atoms in total. The Kier molecular flexibility index (Phi) is 5.83. The minimum Gasteiger partial charge on any atom is -0.357 e. The lowest BCUT2D eigenvalue weighted by atomic mass is 10.2. The van der Waals surface area contributed by atoms with Crippen molar-refractivity contribution in [2.45, 2.75) is 10.1 Å². The first kappa shape index (κ1) is 15.8. The van der Waals surface area contributed by atoms with Crippen molar-refractivity contribution in [3.05, 3.63) is 77.9 Å². The van der Waals surface area contributed by atoms with Crippen LogP contribution in [0.25, 0.3) is 6.08 Å². The van der Waals surface area contributed by atoms with Gasteiger partial charge in [0.1, 0.15) is 0 Å². The van der Waals surface area contributed by atoms with E-state index >= 15 is 0 Å². The largest absolute Gasteiger partial charge is 0.357 e. The summed E-state index contributed by atoms with van der Waals surface area (Å²) >= 11 is 3.31. The lowest BCUT2D eigenvalue weighted by molar-refractivity contribution is 1.01. The van der Waals surface area contributed by atoms with Crippen LogP contribution >= 0.6 is 23.1 Å². The molecule has 2 aromatic carbocycles. The lowest BCUT2D eigenvalue weighted by Gasteiger charge is -1.97. The number of nitrogens with one attached hydrogen (secondary N) is 1. The predicted octanol–water partition coefficient (Wildman–Crippen LogP) is 4.96. The molecule has 0 saturated heterocycles. The molecule has 0 atom stereocenters.